The number of hydrogen-bond donors (Lipinski definition) is 1. The van der Waals surface area contributed by atoms with E-state index in [4.69, 9.17) is 5.73 Å². The van der Waals surface area contributed by atoms with E-state index in [-0.39, 0.29) is 0 Å². The smallest absolute Gasteiger partial charge is 0.0105 e. The Labute approximate surface area is 64.4 Å². The summed E-state index contributed by atoms with van der Waals surface area (Å²) in [5.41, 5.74) is 5.37. The Bertz CT molecular complexity index is 58.3. The van der Waals surface area contributed by atoms with Crippen molar-refractivity contribution in [1.29, 1.82) is 0 Å². The average molecular weight is 144 g/mol. The van der Waals surface area contributed by atoms with Crippen molar-refractivity contribution in [2.24, 2.45) is 5.73 Å². The van der Waals surface area contributed by atoms with Crippen molar-refractivity contribution < 1.29 is 0 Å². The standard InChI is InChI=1S/C6H14N2.C2H6/c7-3-6-8-4-1-2-5-8;1-2/h1-7H2;1-2H3. The molecular formula is C8H20N2. The van der Waals surface area contributed by atoms with E-state index in [0.29, 0.717) is 0 Å². The van der Waals surface area contributed by atoms with Crippen LogP contribution in [0.25, 0.3) is 0 Å². The normalized spacial score (nSPS) is 18.3. The van der Waals surface area contributed by atoms with E-state index >= 15 is 0 Å². The van der Waals surface area contributed by atoms with Gasteiger partial charge >= 0.3 is 0 Å². The van der Waals surface area contributed by atoms with E-state index in [1.165, 1.54) is 25.9 Å². The lowest BCUT2D eigenvalue weighted by atomic mass is 10.4. The highest BCUT2D eigenvalue weighted by Crippen LogP contribution is 2.04. The fourth-order valence-corrected chi connectivity index (χ4v) is 1.19. The van der Waals surface area contributed by atoms with Crippen molar-refractivity contribution in [1.82, 2.24) is 4.90 Å². The first-order chi connectivity index (χ1) is 4.93. The van der Waals surface area contributed by atoms with Gasteiger partial charge in [0.1, 0.15) is 0 Å². The van der Waals surface area contributed by atoms with Crippen LogP contribution in [0, 0.1) is 0 Å². The van der Waals surface area contributed by atoms with Gasteiger partial charge in [0.25, 0.3) is 0 Å². The number of likely N-dealkylation sites (tertiary alicyclic amines) is 1. The molecule has 0 aromatic heterocycles. The molecule has 10 heavy (non-hydrogen) atoms. The molecule has 62 valence electrons. The van der Waals surface area contributed by atoms with Gasteiger partial charge in [-0.05, 0) is 25.9 Å². The summed E-state index contributed by atoms with van der Waals surface area (Å²) in [6, 6.07) is 0. The maximum atomic E-state index is 5.37. The summed E-state index contributed by atoms with van der Waals surface area (Å²) in [7, 11) is 0. The SMILES string of the molecule is CC.NCCN1CCCC1. The summed E-state index contributed by atoms with van der Waals surface area (Å²) >= 11 is 0. The van der Waals surface area contributed by atoms with Gasteiger partial charge in [0.2, 0.25) is 0 Å². The van der Waals surface area contributed by atoms with Crippen molar-refractivity contribution in [2.45, 2.75) is 26.7 Å². The molecular weight excluding hydrogens is 124 g/mol. The molecule has 0 atom stereocenters. The molecule has 2 N–H and O–H groups in total. The molecule has 1 saturated heterocycles. The minimum absolute atomic E-state index is 0.819. The molecule has 0 saturated carbocycles. The van der Waals surface area contributed by atoms with Crippen molar-refractivity contribution in [3.05, 3.63) is 0 Å². The van der Waals surface area contributed by atoms with E-state index in [9.17, 15) is 0 Å². The summed E-state index contributed by atoms with van der Waals surface area (Å²) in [5, 5.41) is 0. The van der Waals surface area contributed by atoms with Gasteiger partial charge in [-0.25, -0.2) is 0 Å². The molecule has 0 aliphatic carbocycles. The molecule has 0 spiro atoms. The predicted octanol–water partition coefficient (Wildman–Crippen LogP) is 1.07. The lowest BCUT2D eigenvalue weighted by molar-refractivity contribution is 0.349. The fraction of sp³-hybridized carbons (Fsp3) is 1.00. The maximum Gasteiger partial charge on any atom is 0.0105 e. The van der Waals surface area contributed by atoms with E-state index < -0.39 is 0 Å². The second-order valence-corrected chi connectivity index (χ2v) is 2.34. The van der Waals surface area contributed by atoms with Crippen LogP contribution in [0.5, 0.6) is 0 Å². The lowest BCUT2D eigenvalue weighted by Gasteiger charge is -2.11. The Morgan fingerprint density at radius 2 is 1.70 bits per heavy atom. The molecule has 1 rings (SSSR count). The second-order valence-electron chi connectivity index (χ2n) is 2.34. The minimum atomic E-state index is 0.819. The van der Waals surface area contributed by atoms with E-state index in [1.807, 2.05) is 13.8 Å². The van der Waals surface area contributed by atoms with Gasteiger partial charge in [0.15, 0.2) is 0 Å². The van der Waals surface area contributed by atoms with Crippen LogP contribution in [0.4, 0.5) is 0 Å². The van der Waals surface area contributed by atoms with Gasteiger partial charge in [-0.15, -0.1) is 0 Å². The van der Waals surface area contributed by atoms with Crippen molar-refractivity contribution in [3.8, 4) is 0 Å². The summed E-state index contributed by atoms with van der Waals surface area (Å²) in [6.45, 7) is 8.47. The molecule has 2 nitrogen and oxygen atoms in total. The second kappa shape index (κ2) is 7.03. The first-order valence-electron chi connectivity index (χ1n) is 4.36. The third kappa shape index (κ3) is 3.85. The highest BCUT2D eigenvalue weighted by atomic mass is 15.1. The van der Waals surface area contributed by atoms with Crippen LogP contribution in [-0.2, 0) is 0 Å². The van der Waals surface area contributed by atoms with Gasteiger partial charge in [-0.3, -0.25) is 0 Å². The number of nitrogens with two attached hydrogens (primary N) is 1. The highest BCUT2D eigenvalue weighted by molar-refractivity contribution is 4.65. The van der Waals surface area contributed by atoms with Crippen LogP contribution in [0.2, 0.25) is 0 Å². The Morgan fingerprint density at radius 1 is 1.20 bits per heavy atom. The van der Waals surface area contributed by atoms with Crippen molar-refractivity contribution in [3.63, 3.8) is 0 Å². The van der Waals surface area contributed by atoms with Gasteiger partial charge < -0.3 is 10.6 Å². The summed E-state index contributed by atoms with van der Waals surface area (Å²) in [5.74, 6) is 0. The molecule has 1 heterocycles. The highest BCUT2D eigenvalue weighted by Gasteiger charge is 2.08. The summed E-state index contributed by atoms with van der Waals surface area (Å²) in [6.07, 6.45) is 2.75. The van der Waals surface area contributed by atoms with Crippen LogP contribution >= 0.6 is 0 Å². The van der Waals surface area contributed by atoms with Gasteiger partial charge in [0, 0.05) is 13.1 Å². The van der Waals surface area contributed by atoms with E-state index in [0.717, 1.165) is 13.1 Å². The Kier molecular flexibility index (Phi) is 6.98. The zero-order valence-electron chi connectivity index (χ0n) is 7.27. The third-order valence-electron chi connectivity index (χ3n) is 1.64. The number of rotatable bonds is 2. The van der Waals surface area contributed by atoms with Crippen LogP contribution < -0.4 is 5.73 Å². The summed E-state index contributed by atoms with van der Waals surface area (Å²) in [4.78, 5) is 2.42. The first kappa shape index (κ1) is 9.92. The molecule has 0 unspecified atom stereocenters. The molecule has 0 radical (unpaired) electrons. The zero-order valence-corrected chi connectivity index (χ0v) is 7.27. The first-order valence-corrected chi connectivity index (χ1v) is 4.36. The molecule has 1 fully saturated rings. The minimum Gasteiger partial charge on any atom is -0.329 e. The van der Waals surface area contributed by atoms with Crippen LogP contribution in [-0.4, -0.2) is 31.1 Å². The van der Waals surface area contributed by atoms with Crippen LogP contribution in [0.3, 0.4) is 0 Å². The lowest BCUT2D eigenvalue weighted by Crippen LogP contribution is -2.26. The van der Waals surface area contributed by atoms with Gasteiger partial charge in [0.05, 0.1) is 0 Å². The number of nitrogens with zero attached hydrogens (tertiary/aromatic N) is 1. The Hall–Kier alpha value is -0.0800. The predicted molar refractivity (Wildman–Crippen MR) is 46.1 cm³/mol. The van der Waals surface area contributed by atoms with Gasteiger partial charge in [-0.2, -0.15) is 0 Å². The fourth-order valence-electron chi connectivity index (χ4n) is 1.19. The largest absolute Gasteiger partial charge is 0.329 e. The van der Waals surface area contributed by atoms with Crippen LogP contribution in [0.1, 0.15) is 26.7 Å². The molecule has 0 amide bonds. The van der Waals surface area contributed by atoms with Crippen LogP contribution in [0.15, 0.2) is 0 Å². The molecule has 1 aliphatic heterocycles. The molecule has 2 heteroatoms. The zero-order chi connectivity index (χ0) is 7.82. The summed E-state index contributed by atoms with van der Waals surface area (Å²) < 4.78 is 0. The topological polar surface area (TPSA) is 29.3 Å². The molecule has 0 aromatic carbocycles. The Balaban J connectivity index is 0.000000371. The molecule has 1 aliphatic rings. The number of hydrogen-bond acceptors (Lipinski definition) is 2. The molecule has 0 bridgehead atoms. The van der Waals surface area contributed by atoms with Gasteiger partial charge in [-0.1, -0.05) is 13.8 Å². The van der Waals surface area contributed by atoms with Crippen molar-refractivity contribution >= 4 is 0 Å². The monoisotopic (exact) mass is 144 g/mol. The van der Waals surface area contributed by atoms with Crippen molar-refractivity contribution in [2.75, 3.05) is 26.2 Å². The maximum absolute atomic E-state index is 5.37. The molecule has 0 aromatic rings. The van der Waals surface area contributed by atoms with E-state index in [1.54, 1.807) is 0 Å². The quantitative estimate of drug-likeness (QED) is 0.628. The average Bonchev–Trinajstić information content (AvgIpc) is 2.46. The third-order valence-corrected chi connectivity index (χ3v) is 1.64. The van der Waals surface area contributed by atoms with E-state index in [2.05, 4.69) is 4.90 Å². The Morgan fingerprint density at radius 3 is 2.10 bits per heavy atom.